The van der Waals surface area contributed by atoms with Gasteiger partial charge in [-0.2, -0.15) is 4.79 Å². The van der Waals surface area contributed by atoms with E-state index in [1.807, 2.05) is 0 Å². The Morgan fingerprint density at radius 1 is 1.47 bits per heavy atom. The third-order valence-electron chi connectivity index (χ3n) is 2.43. The molecule has 2 aromatic rings. The van der Waals surface area contributed by atoms with Crippen LogP contribution in [0.3, 0.4) is 0 Å². The lowest BCUT2D eigenvalue weighted by Crippen LogP contribution is -2.01. The van der Waals surface area contributed by atoms with Gasteiger partial charge < -0.3 is 14.7 Å². The van der Waals surface area contributed by atoms with Crippen LogP contribution in [0.2, 0.25) is 0 Å². The molecule has 0 atom stereocenters. The van der Waals surface area contributed by atoms with E-state index in [2.05, 4.69) is 4.79 Å². The zero-order chi connectivity index (χ0) is 12.3. The lowest BCUT2D eigenvalue weighted by molar-refractivity contribution is 0.00159. The average molecular weight is 230 g/mol. The summed E-state index contributed by atoms with van der Waals surface area (Å²) in [5.74, 6) is 0.619. The first-order valence-corrected chi connectivity index (χ1v) is 5.01. The molecule has 0 spiro atoms. The zero-order valence-electron chi connectivity index (χ0n) is 9.21. The molecule has 0 N–H and O–H groups in total. The van der Waals surface area contributed by atoms with Crippen LogP contribution < -0.4 is 10.4 Å². The molecule has 0 radical (unpaired) electrons. The predicted octanol–water partition coefficient (Wildman–Crippen LogP) is 1.64. The maximum atomic E-state index is 11.4. The molecule has 0 fully saturated rings. The second kappa shape index (κ2) is 4.63. The first kappa shape index (κ1) is 11.1. The standard InChI is InChI=1S/C12H10N2O3/c1-16-9-2-3-10-8(4-5-14-13)6-12(15)17-11(10)7-9/h2-3,5-7H,4H2,1H3. The molecular formula is C12H10N2O3. The van der Waals surface area contributed by atoms with Crippen molar-refractivity contribution in [2.24, 2.45) is 0 Å². The van der Waals surface area contributed by atoms with Crippen LogP contribution in [0.1, 0.15) is 5.56 Å². The van der Waals surface area contributed by atoms with Gasteiger partial charge in [-0.25, -0.2) is 4.79 Å². The molecule has 0 saturated carbocycles. The van der Waals surface area contributed by atoms with Gasteiger partial charge in [-0.3, -0.25) is 0 Å². The van der Waals surface area contributed by atoms with Crippen molar-refractivity contribution in [2.75, 3.05) is 7.11 Å². The maximum Gasteiger partial charge on any atom is 0.336 e. The number of hydrogen-bond donors (Lipinski definition) is 0. The molecule has 0 aliphatic carbocycles. The summed E-state index contributed by atoms with van der Waals surface area (Å²) in [6.07, 6.45) is 1.68. The number of hydrogen-bond acceptors (Lipinski definition) is 3. The number of methoxy groups -OCH3 is 1. The van der Waals surface area contributed by atoms with Crippen LogP contribution in [0.25, 0.3) is 16.5 Å². The van der Waals surface area contributed by atoms with Crippen LogP contribution >= 0.6 is 0 Å². The van der Waals surface area contributed by atoms with E-state index < -0.39 is 5.63 Å². The Bertz CT molecular complexity index is 654. The fraction of sp³-hybridized carbons (Fsp3) is 0.167. The van der Waals surface area contributed by atoms with Gasteiger partial charge in [0.05, 0.1) is 13.5 Å². The van der Waals surface area contributed by atoms with Crippen LogP contribution in [0, 0.1) is 0 Å². The third kappa shape index (κ3) is 2.24. The number of nitrogens with zero attached hydrogens (tertiary/aromatic N) is 2. The van der Waals surface area contributed by atoms with Gasteiger partial charge in [0.2, 0.25) is 0 Å². The van der Waals surface area contributed by atoms with Crippen molar-refractivity contribution in [1.29, 1.82) is 0 Å². The number of rotatable bonds is 3. The van der Waals surface area contributed by atoms with Gasteiger partial charge in [0.1, 0.15) is 11.3 Å². The maximum absolute atomic E-state index is 11.4. The molecule has 0 aliphatic rings. The summed E-state index contributed by atoms with van der Waals surface area (Å²) in [6.45, 7) is 0. The molecule has 5 heteroatoms. The van der Waals surface area contributed by atoms with Gasteiger partial charge in [-0.1, -0.05) is 0 Å². The van der Waals surface area contributed by atoms with Crippen molar-refractivity contribution in [3.63, 3.8) is 0 Å². The van der Waals surface area contributed by atoms with Crippen LogP contribution in [0.4, 0.5) is 0 Å². The lowest BCUT2D eigenvalue weighted by Gasteiger charge is -2.03. The molecule has 17 heavy (non-hydrogen) atoms. The Hall–Kier alpha value is -2.39. The molecule has 1 aromatic carbocycles. The van der Waals surface area contributed by atoms with Crippen molar-refractivity contribution in [3.8, 4) is 5.75 Å². The summed E-state index contributed by atoms with van der Waals surface area (Å²) in [5, 5.41) is 0.797. The smallest absolute Gasteiger partial charge is 0.336 e. The normalized spacial score (nSPS) is 9.94. The summed E-state index contributed by atoms with van der Waals surface area (Å²) in [5.41, 5.74) is 9.16. The highest BCUT2D eigenvalue weighted by Crippen LogP contribution is 2.22. The van der Waals surface area contributed by atoms with Crippen LogP contribution in [-0.2, 0) is 6.42 Å². The van der Waals surface area contributed by atoms with Gasteiger partial charge >= 0.3 is 5.63 Å². The van der Waals surface area contributed by atoms with Crippen molar-refractivity contribution in [3.05, 3.63) is 45.8 Å². The minimum absolute atomic E-state index is 0.366. The summed E-state index contributed by atoms with van der Waals surface area (Å²) < 4.78 is 10.1. The van der Waals surface area contributed by atoms with Crippen molar-refractivity contribution >= 4 is 17.2 Å². The quantitative estimate of drug-likeness (QED) is 0.348. The van der Waals surface area contributed by atoms with Crippen molar-refractivity contribution < 1.29 is 13.9 Å². The highest BCUT2D eigenvalue weighted by molar-refractivity contribution is 5.83. The number of fused-ring (bicyclic) bond motifs is 1. The summed E-state index contributed by atoms with van der Waals surface area (Å²) in [4.78, 5) is 14.3. The second-order valence-electron chi connectivity index (χ2n) is 3.45. The van der Waals surface area contributed by atoms with E-state index in [9.17, 15) is 4.79 Å². The molecule has 0 saturated heterocycles. The van der Waals surface area contributed by atoms with Gasteiger partial charge in [0, 0.05) is 17.5 Å². The molecule has 0 aliphatic heterocycles. The van der Waals surface area contributed by atoms with Gasteiger partial charge in [-0.15, -0.1) is 0 Å². The monoisotopic (exact) mass is 230 g/mol. The number of benzene rings is 1. The largest absolute Gasteiger partial charge is 0.497 e. The zero-order valence-corrected chi connectivity index (χ0v) is 9.21. The summed E-state index contributed by atoms with van der Waals surface area (Å²) in [7, 11) is 1.54. The Morgan fingerprint density at radius 3 is 3.00 bits per heavy atom. The van der Waals surface area contributed by atoms with E-state index >= 15 is 0 Å². The van der Waals surface area contributed by atoms with Crippen LogP contribution in [0.5, 0.6) is 5.75 Å². The molecule has 0 amide bonds. The fourth-order valence-electron chi connectivity index (χ4n) is 1.65. The molecule has 2 rings (SSSR count). The Morgan fingerprint density at radius 2 is 2.29 bits per heavy atom. The van der Waals surface area contributed by atoms with E-state index in [0.29, 0.717) is 17.8 Å². The predicted molar refractivity (Wildman–Crippen MR) is 62.4 cm³/mol. The average Bonchev–Trinajstić information content (AvgIpc) is 2.34. The van der Waals surface area contributed by atoms with Crippen molar-refractivity contribution in [1.82, 2.24) is 0 Å². The molecule has 1 aromatic heterocycles. The van der Waals surface area contributed by atoms with E-state index in [1.54, 1.807) is 25.3 Å². The fourth-order valence-corrected chi connectivity index (χ4v) is 1.65. The van der Waals surface area contributed by atoms with Crippen LogP contribution in [-0.4, -0.2) is 18.1 Å². The molecule has 0 bridgehead atoms. The number of ether oxygens (including phenoxy) is 1. The topological polar surface area (TPSA) is 75.8 Å². The van der Waals surface area contributed by atoms with Gasteiger partial charge in [0.25, 0.3) is 6.21 Å². The third-order valence-corrected chi connectivity index (χ3v) is 2.43. The SMILES string of the molecule is COc1ccc2c(CC=[N+]=[N-])cc(=O)oc2c1. The first-order chi connectivity index (χ1) is 8.24. The van der Waals surface area contributed by atoms with Crippen molar-refractivity contribution in [2.45, 2.75) is 6.42 Å². The Balaban J connectivity index is 2.67. The molecule has 5 nitrogen and oxygen atoms in total. The van der Waals surface area contributed by atoms with E-state index in [4.69, 9.17) is 14.7 Å². The first-order valence-electron chi connectivity index (χ1n) is 5.01. The molecular weight excluding hydrogens is 220 g/mol. The van der Waals surface area contributed by atoms with E-state index in [1.165, 1.54) is 12.3 Å². The molecule has 1 heterocycles. The molecule has 86 valence electrons. The highest BCUT2D eigenvalue weighted by atomic mass is 16.5. The van der Waals surface area contributed by atoms with Gasteiger partial charge in [-0.05, 0) is 17.7 Å². The summed E-state index contributed by atoms with van der Waals surface area (Å²) >= 11 is 0. The molecule has 0 unspecified atom stereocenters. The minimum atomic E-state index is -0.438. The second-order valence-corrected chi connectivity index (χ2v) is 3.45. The van der Waals surface area contributed by atoms with E-state index in [0.717, 1.165) is 10.9 Å². The van der Waals surface area contributed by atoms with Gasteiger partial charge in [0.15, 0.2) is 0 Å². The van der Waals surface area contributed by atoms with Crippen LogP contribution in [0.15, 0.2) is 33.5 Å². The minimum Gasteiger partial charge on any atom is -0.497 e. The highest BCUT2D eigenvalue weighted by Gasteiger charge is 2.07. The summed E-state index contributed by atoms with van der Waals surface area (Å²) in [6, 6.07) is 6.62. The lowest BCUT2D eigenvalue weighted by atomic mass is 10.1. The Kier molecular flexibility index (Phi) is 3.03. The van der Waals surface area contributed by atoms with E-state index in [-0.39, 0.29) is 0 Å². The Labute approximate surface area is 96.9 Å².